The van der Waals surface area contributed by atoms with Crippen molar-refractivity contribution in [2.75, 3.05) is 12.4 Å². The number of hydrogen-bond donors (Lipinski definition) is 2. The Balaban J connectivity index is 2.96. The standard InChI is InChI=1S/C6H10N4/c1-8-6-5(4-7)9-2-3-10-6/h2-3H,4,7H2,1H3,(H,8,10). The summed E-state index contributed by atoms with van der Waals surface area (Å²) in [5, 5.41) is 2.89. The van der Waals surface area contributed by atoms with Crippen LogP contribution in [-0.2, 0) is 6.54 Å². The van der Waals surface area contributed by atoms with E-state index in [9.17, 15) is 0 Å². The van der Waals surface area contributed by atoms with Crippen molar-refractivity contribution in [2.24, 2.45) is 5.73 Å². The van der Waals surface area contributed by atoms with E-state index in [1.807, 2.05) is 0 Å². The second-order valence-electron chi connectivity index (χ2n) is 1.81. The van der Waals surface area contributed by atoms with Gasteiger partial charge < -0.3 is 11.1 Å². The molecule has 1 rings (SSSR count). The van der Waals surface area contributed by atoms with Gasteiger partial charge in [0.05, 0.1) is 5.69 Å². The van der Waals surface area contributed by atoms with Gasteiger partial charge in [-0.3, -0.25) is 4.98 Å². The molecule has 0 unspecified atom stereocenters. The number of nitrogens with two attached hydrogens (primary N) is 1. The third kappa shape index (κ3) is 1.22. The first-order chi connectivity index (χ1) is 4.88. The Bertz CT molecular complexity index is 188. The maximum absolute atomic E-state index is 5.38. The molecule has 0 saturated carbocycles. The summed E-state index contributed by atoms with van der Waals surface area (Å²) in [5.74, 6) is 0.755. The van der Waals surface area contributed by atoms with Gasteiger partial charge in [-0.1, -0.05) is 0 Å². The summed E-state index contributed by atoms with van der Waals surface area (Å²) < 4.78 is 0. The topological polar surface area (TPSA) is 63.8 Å². The van der Waals surface area contributed by atoms with Crippen LogP contribution in [0.15, 0.2) is 12.4 Å². The molecular formula is C6H10N4. The predicted octanol–water partition coefficient (Wildman–Crippen LogP) is -0.0230. The molecule has 0 spiro atoms. The van der Waals surface area contributed by atoms with Gasteiger partial charge in [0.15, 0.2) is 0 Å². The lowest BCUT2D eigenvalue weighted by Gasteiger charge is -2.01. The number of hydrogen-bond acceptors (Lipinski definition) is 4. The third-order valence-electron chi connectivity index (χ3n) is 1.20. The van der Waals surface area contributed by atoms with Gasteiger partial charge in [0.25, 0.3) is 0 Å². The first-order valence-corrected chi connectivity index (χ1v) is 3.06. The third-order valence-corrected chi connectivity index (χ3v) is 1.20. The molecular weight excluding hydrogens is 128 g/mol. The summed E-state index contributed by atoms with van der Waals surface area (Å²) in [6, 6.07) is 0. The average Bonchev–Trinajstić information content (AvgIpc) is 2.04. The minimum atomic E-state index is 0.421. The zero-order valence-electron chi connectivity index (χ0n) is 5.83. The average molecular weight is 138 g/mol. The SMILES string of the molecule is CNc1nccnc1CN. The molecule has 0 aliphatic rings. The maximum Gasteiger partial charge on any atom is 0.148 e. The van der Waals surface area contributed by atoms with Crippen molar-refractivity contribution in [3.05, 3.63) is 18.1 Å². The van der Waals surface area contributed by atoms with E-state index >= 15 is 0 Å². The first-order valence-electron chi connectivity index (χ1n) is 3.06. The Labute approximate surface area is 59.5 Å². The van der Waals surface area contributed by atoms with Crippen molar-refractivity contribution < 1.29 is 0 Å². The molecule has 0 atom stereocenters. The van der Waals surface area contributed by atoms with Crippen LogP contribution in [0.1, 0.15) is 5.69 Å². The van der Waals surface area contributed by atoms with Crippen LogP contribution in [-0.4, -0.2) is 17.0 Å². The Morgan fingerprint density at radius 2 is 2.20 bits per heavy atom. The molecule has 10 heavy (non-hydrogen) atoms. The second kappa shape index (κ2) is 3.12. The van der Waals surface area contributed by atoms with Crippen LogP contribution in [0, 0.1) is 0 Å². The number of anilines is 1. The number of nitrogens with zero attached hydrogens (tertiary/aromatic N) is 2. The molecule has 4 heteroatoms. The fourth-order valence-corrected chi connectivity index (χ4v) is 0.725. The summed E-state index contributed by atoms with van der Waals surface area (Å²) >= 11 is 0. The quantitative estimate of drug-likeness (QED) is 0.602. The Hall–Kier alpha value is -1.16. The molecule has 1 aromatic rings. The van der Waals surface area contributed by atoms with Crippen LogP contribution in [0.25, 0.3) is 0 Å². The highest BCUT2D eigenvalue weighted by Gasteiger charge is 1.97. The van der Waals surface area contributed by atoms with Gasteiger partial charge in [-0.05, 0) is 0 Å². The lowest BCUT2D eigenvalue weighted by molar-refractivity contribution is 0.965. The van der Waals surface area contributed by atoms with E-state index in [-0.39, 0.29) is 0 Å². The normalized spacial score (nSPS) is 9.40. The lowest BCUT2D eigenvalue weighted by Crippen LogP contribution is -2.05. The number of rotatable bonds is 2. The second-order valence-corrected chi connectivity index (χ2v) is 1.81. The highest BCUT2D eigenvalue weighted by Crippen LogP contribution is 2.04. The van der Waals surface area contributed by atoms with Crippen molar-refractivity contribution >= 4 is 5.82 Å². The molecule has 0 fully saturated rings. The highest BCUT2D eigenvalue weighted by atomic mass is 15.0. The fraction of sp³-hybridized carbons (Fsp3) is 0.333. The van der Waals surface area contributed by atoms with Crippen LogP contribution < -0.4 is 11.1 Å². The number of aromatic nitrogens is 2. The summed E-state index contributed by atoms with van der Waals surface area (Å²) in [4.78, 5) is 8.03. The van der Waals surface area contributed by atoms with Gasteiger partial charge in [0, 0.05) is 26.0 Å². The Morgan fingerprint density at radius 1 is 1.50 bits per heavy atom. The molecule has 0 aliphatic carbocycles. The summed E-state index contributed by atoms with van der Waals surface area (Å²) in [6.45, 7) is 0.421. The van der Waals surface area contributed by atoms with Gasteiger partial charge in [0.2, 0.25) is 0 Å². The van der Waals surface area contributed by atoms with Crippen molar-refractivity contribution in [1.82, 2.24) is 9.97 Å². The van der Waals surface area contributed by atoms with Crippen LogP contribution in [0.3, 0.4) is 0 Å². The highest BCUT2D eigenvalue weighted by molar-refractivity contribution is 5.37. The molecule has 0 bridgehead atoms. The summed E-state index contributed by atoms with van der Waals surface area (Å²) in [6.07, 6.45) is 3.26. The van der Waals surface area contributed by atoms with E-state index in [2.05, 4.69) is 15.3 Å². The maximum atomic E-state index is 5.38. The minimum absolute atomic E-state index is 0.421. The molecule has 0 aliphatic heterocycles. The lowest BCUT2D eigenvalue weighted by atomic mass is 10.4. The monoisotopic (exact) mass is 138 g/mol. The van der Waals surface area contributed by atoms with Crippen molar-refractivity contribution in [2.45, 2.75) is 6.54 Å². The Kier molecular flexibility index (Phi) is 2.17. The van der Waals surface area contributed by atoms with Gasteiger partial charge in [-0.15, -0.1) is 0 Å². The minimum Gasteiger partial charge on any atom is -0.372 e. The van der Waals surface area contributed by atoms with Gasteiger partial charge >= 0.3 is 0 Å². The summed E-state index contributed by atoms with van der Waals surface area (Å²) in [5.41, 5.74) is 6.18. The summed E-state index contributed by atoms with van der Waals surface area (Å²) in [7, 11) is 1.79. The van der Waals surface area contributed by atoms with E-state index in [0.29, 0.717) is 6.54 Å². The number of nitrogens with one attached hydrogen (secondary N) is 1. The molecule has 0 saturated heterocycles. The molecule has 0 amide bonds. The molecule has 0 aromatic carbocycles. The van der Waals surface area contributed by atoms with Crippen LogP contribution in [0.5, 0.6) is 0 Å². The molecule has 4 nitrogen and oxygen atoms in total. The van der Waals surface area contributed by atoms with Crippen molar-refractivity contribution in [3.8, 4) is 0 Å². The zero-order valence-corrected chi connectivity index (χ0v) is 5.83. The Morgan fingerprint density at radius 3 is 2.70 bits per heavy atom. The first kappa shape index (κ1) is 6.95. The van der Waals surface area contributed by atoms with Gasteiger partial charge in [-0.25, -0.2) is 4.98 Å². The van der Waals surface area contributed by atoms with Crippen LogP contribution in [0.4, 0.5) is 5.82 Å². The molecule has 1 aromatic heterocycles. The fourth-order valence-electron chi connectivity index (χ4n) is 0.725. The van der Waals surface area contributed by atoms with E-state index in [1.165, 1.54) is 0 Å². The largest absolute Gasteiger partial charge is 0.372 e. The van der Waals surface area contributed by atoms with Crippen LogP contribution in [0.2, 0.25) is 0 Å². The van der Waals surface area contributed by atoms with E-state index in [0.717, 1.165) is 11.5 Å². The van der Waals surface area contributed by atoms with E-state index in [1.54, 1.807) is 19.4 Å². The van der Waals surface area contributed by atoms with Gasteiger partial charge in [-0.2, -0.15) is 0 Å². The molecule has 54 valence electrons. The van der Waals surface area contributed by atoms with Crippen molar-refractivity contribution in [1.29, 1.82) is 0 Å². The van der Waals surface area contributed by atoms with Crippen LogP contribution >= 0.6 is 0 Å². The van der Waals surface area contributed by atoms with Gasteiger partial charge in [0.1, 0.15) is 5.82 Å². The van der Waals surface area contributed by atoms with E-state index in [4.69, 9.17) is 5.73 Å². The van der Waals surface area contributed by atoms with E-state index < -0.39 is 0 Å². The molecule has 1 heterocycles. The van der Waals surface area contributed by atoms with Crippen molar-refractivity contribution in [3.63, 3.8) is 0 Å². The molecule has 3 N–H and O–H groups in total. The smallest absolute Gasteiger partial charge is 0.148 e. The predicted molar refractivity (Wildman–Crippen MR) is 39.5 cm³/mol. The molecule has 0 radical (unpaired) electrons. The zero-order chi connectivity index (χ0) is 7.40.